The Morgan fingerprint density at radius 1 is 1.41 bits per heavy atom. The summed E-state index contributed by atoms with van der Waals surface area (Å²) in [6.45, 7) is 2.33. The van der Waals surface area contributed by atoms with E-state index in [1.807, 2.05) is 18.2 Å². The van der Waals surface area contributed by atoms with Crippen molar-refractivity contribution in [3.8, 4) is 0 Å². The summed E-state index contributed by atoms with van der Waals surface area (Å²) in [7, 11) is 0. The van der Waals surface area contributed by atoms with Crippen molar-refractivity contribution in [2.75, 3.05) is 6.54 Å². The molecule has 0 spiro atoms. The molecule has 2 saturated heterocycles. The number of likely N-dealkylation sites (tertiary alicyclic amines) is 1. The van der Waals surface area contributed by atoms with Gasteiger partial charge in [0.2, 0.25) is 11.8 Å². The highest BCUT2D eigenvalue weighted by Crippen LogP contribution is 2.44. The SMILES string of the molecule is C[C@]12C[C@@H](c3ccccc3)N(CC(N)=O)[C@H]1CCCC(=O)N2. The molecule has 0 aromatic heterocycles. The Morgan fingerprint density at radius 3 is 2.82 bits per heavy atom. The quantitative estimate of drug-likeness (QED) is 0.885. The van der Waals surface area contributed by atoms with Gasteiger partial charge in [-0.25, -0.2) is 0 Å². The van der Waals surface area contributed by atoms with Gasteiger partial charge in [-0.05, 0) is 31.7 Å². The number of rotatable bonds is 3. The highest BCUT2D eigenvalue weighted by atomic mass is 16.2. The van der Waals surface area contributed by atoms with Crippen LogP contribution < -0.4 is 11.1 Å². The fraction of sp³-hybridized carbons (Fsp3) is 0.529. The Balaban J connectivity index is 1.96. The molecule has 5 nitrogen and oxygen atoms in total. The topological polar surface area (TPSA) is 75.4 Å². The van der Waals surface area contributed by atoms with Crippen molar-refractivity contribution in [2.45, 2.75) is 50.2 Å². The van der Waals surface area contributed by atoms with Gasteiger partial charge in [-0.3, -0.25) is 14.5 Å². The molecule has 5 heteroatoms. The zero-order chi connectivity index (χ0) is 15.7. The summed E-state index contributed by atoms with van der Waals surface area (Å²) in [5, 5.41) is 3.19. The van der Waals surface area contributed by atoms with Crippen LogP contribution in [0.15, 0.2) is 30.3 Å². The minimum atomic E-state index is -0.319. The standard InChI is InChI=1S/C17H23N3O2/c1-17-10-13(12-6-3-2-4-7-12)20(11-15(18)21)14(17)8-5-9-16(22)19-17/h2-4,6-7,13-14H,5,8-11H2,1H3,(H2,18,21)(H,19,22)/t13-,14-,17-/m0/s1. The fourth-order valence-electron chi connectivity index (χ4n) is 4.08. The van der Waals surface area contributed by atoms with Gasteiger partial charge in [-0.15, -0.1) is 0 Å². The second kappa shape index (κ2) is 5.72. The van der Waals surface area contributed by atoms with Gasteiger partial charge in [0.1, 0.15) is 0 Å². The average molecular weight is 301 g/mol. The molecule has 0 radical (unpaired) electrons. The Labute approximate surface area is 130 Å². The third-order valence-electron chi connectivity index (χ3n) is 4.98. The van der Waals surface area contributed by atoms with Crippen molar-refractivity contribution in [3.05, 3.63) is 35.9 Å². The van der Waals surface area contributed by atoms with Crippen LogP contribution in [0, 0.1) is 0 Å². The lowest BCUT2D eigenvalue weighted by Gasteiger charge is -2.34. The molecule has 0 bridgehead atoms. The lowest BCUT2D eigenvalue weighted by Crippen LogP contribution is -2.53. The zero-order valence-corrected chi connectivity index (χ0v) is 12.9. The number of carbonyl (C=O) groups excluding carboxylic acids is 2. The number of amides is 2. The molecule has 3 N–H and O–H groups in total. The van der Waals surface area contributed by atoms with Gasteiger partial charge in [-0.2, -0.15) is 0 Å². The predicted octanol–water partition coefficient (Wildman–Crippen LogP) is 1.35. The average Bonchev–Trinajstić information content (AvgIpc) is 2.63. The fourth-order valence-corrected chi connectivity index (χ4v) is 4.08. The van der Waals surface area contributed by atoms with Crippen molar-refractivity contribution in [3.63, 3.8) is 0 Å². The molecule has 1 aromatic carbocycles. The third-order valence-corrected chi connectivity index (χ3v) is 4.98. The van der Waals surface area contributed by atoms with E-state index in [2.05, 4.69) is 29.3 Å². The van der Waals surface area contributed by atoms with Crippen LogP contribution in [-0.2, 0) is 9.59 Å². The van der Waals surface area contributed by atoms with Crippen LogP contribution in [-0.4, -0.2) is 34.8 Å². The van der Waals surface area contributed by atoms with E-state index in [1.165, 1.54) is 5.56 Å². The molecular weight excluding hydrogens is 278 g/mol. The summed E-state index contributed by atoms with van der Waals surface area (Å²) in [6, 6.07) is 10.4. The van der Waals surface area contributed by atoms with E-state index < -0.39 is 0 Å². The van der Waals surface area contributed by atoms with E-state index >= 15 is 0 Å². The van der Waals surface area contributed by atoms with Crippen molar-refractivity contribution in [2.24, 2.45) is 5.73 Å². The number of hydrogen-bond donors (Lipinski definition) is 2. The number of hydrogen-bond acceptors (Lipinski definition) is 3. The molecule has 1 aromatic rings. The maximum atomic E-state index is 12.0. The minimum absolute atomic E-state index is 0.109. The van der Waals surface area contributed by atoms with Gasteiger partial charge < -0.3 is 11.1 Å². The van der Waals surface area contributed by atoms with Crippen LogP contribution in [0.2, 0.25) is 0 Å². The summed E-state index contributed by atoms with van der Waals surface area (Å²) in [4.78, 5) is 25.7. The Hall–Kier alpha value is -1.88. The Bertz CT molecular complexity index is 575. The maximum absolute atomic E-state index is 12.0. The van der Waals surface area contributed by atoms with Crippen LogP contribution in [0.3, 0.4) is 0 Å². The van der Waals surface area contributed by atoms with Crippen molar-refractivity contribution < 1.29 is 9.59 Å². The highest BCUT2D eigenvalue weighted by molar-refractivity contribution is 5.78. The van der Waals surface area contributed by atoms with Crippen LogP contribution >= 0.6 is 0 Å². The van der Waals surface area contributed by atoms with E-state index in [-0.39, 0.29) is 36.0 Å². The molecule has 2 heterocycles. The van der Waals surface area contributed by atoms with Crippen LogP contribution in [0.1, 0.15) is 44.2 Å². The van der Waals surface area contributed by atoms with Gasteiger partial charge in [-0.1, -0.05) is 30.3 Å². The summed E-state index contributed by atoms with van der Waals surface area (Å²) in [5.41, 5.74) is 6.35. The molecule has 118 valence electrons. The molecule has 22 heavy (non-hydrogen) atoms. The molecule has 2 aliphatic heterocycles. The molecule has 0 unspecified atom stereocenters. The Kier molecular flexibility index (Phi) is 3.91. The van der Waals surface area contributed by atoms with Gasteiger partial charge in [0.25, 0.3) is 0 Å². The van der Waals surface area contributed by atoms with Crippen LogP contribution in [0.5, 0.6) is 0 Å². The van der Waals surface area contributed by atoms with E-state index in [0.29, 0.717) is 6.42 Å². The Morgan fingerprint density at radius 2 is 2.14 bits per heavy atom. The first-order valence-electron chi connectivity index (χ1n) is 7.89. The van der Waals surface area contributed by atoms with Gasteiger partial charge >= 0.3 is 0 Å². The molecule has 3 atom stereocenters. The first-order valence-corrected chi connectivity index (χ1v) is 7.89. The first kappa shape index (κ1) is 15.0. The van der Waals surface area contributed by atoms with Crippen molar-refractivity contribution >= 4 is 11.8 Å². The third kappa shape index (κ3) is 2.73. The number of carbonyl (C=O) groups is 2. The number of fused-ring (bicyclic) bond motifs is 1. The van der Waals surface area contributed by atoms with E-state index in [1.54, 1.807) is 0 Å². The number of nitrogens with zero attached hydrogens (tertiary/aromatic N) is 1. The summed E-state index contributed by atoms with van der Waals surface area (Å²) < 4.78 is 0. The normalized spacial score (nSPS) is 32.1. The highest BCUT2D eigenvalue weighted by Gasteiger charge is 2.51. The van der Waals surface area contributed by atoms with Crippen LogP contribution in [0.4, 0.5) is 0 Å². The van der Waals surface area contributed by atoms with Crippen molar-refractivity contribution in [1.29, 1.82) is 0 Å². The van der Waals surface area contributed by atoms with Gasteiger partial charge in [0.05, 0.1) is 12.1 Å². The molecule has 2 fully saturated rings. The maximum Gasteiger partial charge on any atom is 0.231 e. The number of nitrogens with one attached hydrogen (secondary N) is 1. The molecule has 3 rings (SSSR count). The van der Waals surface area contributed by atoms with E-state index in [4.69, 9.17) is 5.73 Å². The predicted molar refractivity (Wildman–Crippen MR) is 83.9 cm³/mol. The number of nitrogens with two attached hydrogens (primary N) is 1. The largest absolute Gasteiger partial charge is 0.369 e. The molecule has 2 amide bonds. The van der Waals surface area contributed by atoms with Gasteiger partial charge in [0, 0.05) is 18.5 Å². The summed E-state index contributed by atoms with van der Waals surface area (Å²) in [5.74, 6) is -0.210. The first-order chi connectivity index (χ1) is 10.5. The van der Waals surface area contributed by atoms with Gasteiger partial charge in [0.15, 0.2) is 0 Å². The second-order valence-electron chi connectivity index (χ2n) is 6.64. The molecule has 2 aliphatic rings. The zero-order valence-electron chi connectivity index (χ0n) is 12.9. The lowest BCUT2D eigenvalue weighted by molar-refractivity contribution is -0.122. The second-order valence-corrected chi connectivity index (χ2v) is 6.64. The minimum Gasteiger partial charge on any atom is -0.369 e. The monoisotopic (exact) mass is 301 g/mol. The molecule has 0 saturated carbocycles. The molecule has 0 aliphatic carbocycles. The molecular formula is C17H23N3O2. The van der Waals surface area contributed by atoms with E-state index in [0.717, 1.165) is 19.3 Å². The number of benzene rings is 1. The summed E-state index contributed by atoms with van der Waals surface area (Å²) >= 11 is 0. The smallest absolute Gasteiger partial charge is 0.231 e. The van der Waals surface area contributed by atoms with E-state index in [9.17, 15) is 9.59 Å². The summed E-state index contributed by atoms with van der Waals surface area (Å²) in [6.07, 6.45) is 3.13. The van der Waals surface area contributed by atoms with Crippen molar-refractivity contribution in [1.82, 2.24) is 10.2 Å². The van der Waals surface area contributed by atoms with Crippen LogP contribution in [0.25, 0.3) is 0 Å². The number of primary amides is 1. The lowest BCUT2D eigenvalue weighted by atomic mass is 9.88.